The first-order valence-corrected chi connectivity index (χ1v) is 7.18. The molecule has 2 aromatic rings. The van der Waals surface area contributed by atoms with Gasteiger partial charge in [0.05, 0.1) is 22.5 Å². The summed E-state index contributed by atoms with van der Waals surface area (Å²) in [4.78, 5) is 11.9. The molecule has 0 unspecified atom stereocenters. The van der Waals surface area contributed by atoms with E-state index in [0.29, 0.717) is 0 Å². The van der Waals surface area contributed by atoms with Gasteiger partial charge >= 0.3 is 0 Å². The lowest BCUT2D eigenvalue weighted by Gasteiger charge is -2.09. The van der Waals surface area contributed by atoms with E-state index in [1.807, 2.05) is 0 Å². The Hall–Kier alpha value is -2.22. The monoisotopic (exact) mass is 280 g/mol. The molecule has 7 nitrogen and oxygen atoms in total. The maximum Gasteiger partial charge on any atom is 0.277 e. The van der Waals surface area contributed by atoms with Crippen LogP contribution in [0, 0.1) is 0 Å². The predicted octanol–water partition coefficient (Wildman–Crippen LogP) is 0.851. The van der Waals surface area contributed by atoms with Gasteiger partial charge in [-0.1, -0.05) is 19.1 Å². The summed E-state index contributed by atoms with van der Waals surface area (Å²) in [5.41, 5.74) is 0.320. The van der Waals surface area contributed by atoms with Crippen LogP contribution in [0.1, 0.15) is 17.4 Å². The number of carbonyl (C=O) groups is 1. The van der Waals surface area contributed by atoms with Crippen molar-refractivity contribution in [2.45, 2.75) is 11.8 Å². The maximum absolute atomic E-state index is 11.9. The third kappa shape index (κ3) is 2.79. The number of benzene rings is 1. The zero-order valence-corrected chi connectivity index (χ0v) is 10.9. The highest BCUT2D eigenvalue weighted by molar-refractivity contribution is 7.91. The second-order valence-electron chi connectivity index (χ2n) is 3.71. The molecule has 0 saturated heterocycles. The summed E-state index contributed by atoms with van der Waals surface area (Å²) < 4.78 is 23.8. The number of nitrogens with zero attached hydrogens (tertiary/aromatic N) is 2. The van der Waals surface area contributed by atoms with E-state index >= 15 is 0 Å². The average molecular weight is 280 g/mol. The first-order chi connectivity index (χ1) is 9.04. The van der Waals surface area contributed by atoms with E-state index in [1.165, 1.54) is 18.3 Å². The number of para-hydroxylation sites is 1. The number of anilines is 1. The lowest BCUT2D eigenvalue weighted by Crippen LogP contribution is -2.15. The van der Waals surface area contributed by atoms with Crippen LogP contribution in [-0.4, -0.2) is 35.5 Å². The summed E-state index contributed by atoms with van der Waals surface area (Å²) in [7, 11) is -3.40. The Morgan fingerprint density at radius 3 is 2.74 bits per heavy atom. The van der Waals surface area contributed by atoms with Crippen molar-refractivity contribution < 1.29 is 13.2 Å². The van der Waals surface area contributed by atoms with Gasteiger partial charge in [-0.3, -0.25) is 4.79 Å². The molecule has 1 amide bonds. The zero-order chi connectivity index (χ0) is 13.9. The van der Waals surface area contributed by atoms with Crippen molar-refractivity contribution in [1.29, 1.82) is 0 Å². The molecule has 0 aliphatic carbocycles. The van der Waals surface area contributed by atoms with Gasteiger partial charge in [0.15, 0.2) is 15.5 Å². The quantitative estimate of drug-likeness (QED) is 0.863. The topological polar surface area (TPSA) is 105 Å². The molecule has 8 heteroatoms. The number of hydrogen-bond acceptors (Lipinski definition) is 5. The van der Waals surface area contributed by atoms with E-state index in [0.717, 1.165) is 0 Å². The highest BCUT2D eigenvalue weighted by atomic mass is 32.2. The van der Waals surface area contributed by atoms with E-state index in [1.54, 1.807) is 19.1 Å². The van der Waals surface area contributed by atoms with E-state index in [2.05, 4.69) is 20.7 Å². The van der Waals surface area contributed by atoms with Gasteiger partial charge in [-0.15, -0.1) is 0 Å². The van der Waals surface area contributed by atoms with Crippen LogP contribution in [0.25, 0.3) is 0 Å². The Morgan fingerprint density at radius 2 is 2.11 bits per heavy atom. The highest BCUT2D eigenvalue weighted by Crippen LogP contribution is 2.22. The molecule has 0 saturated carbocycles. The molecule has 0 spiro atoms. The minimum Gasteiger partial charge on any atom is -0.319 e. The molecule has 1 heterocycles. The van der Waals surface area contributed by atoms with Gasteiger partial charge in [-0.2, -0.15) is 15.4 Å². The summed E-state index contributed by atoms with van der Waals surface area (Å²) in [6, 6.07) is 6.24. The molecule has 100 valence electrons. The van der Waals surface area contributed by atoms with Crippen molar-refractivity contribution in [2.75, 3.05) is 11.1 Å². The summed E-state index contributed by atoms with van der Waals surface area (Å²) in [6.45, 7) is 1.55. The molecule has 0 aliphatic rings. The summed E-state index contributed by atoms with van der Waals surface area (Å²) >= 11 is 0. The number of aromatic nitrogens is 3. The average Bonchev–Trinajstić information content (AvgIpc) is 2.93. The largest absolute Gasteiger partial charge is 0.319 e. The molecule has 1 aromatic heterocycles. The lowest BCUT2D eigenvalue weighted by atomic mass is 10.3. The number of rotatable bonds is 4. The Balaban J connectivity index is 2.34. The van der Waals surface area contributed by atoms with Crippen LogP contribution < -0.4 is 5.32 Å². The smallest absolute Gasteiger partial charge is 0.277 e. The van der Waals surface area contributed by atoms with Crippen LogP contribution >= 0.6 is 0 Å². The number of hydrogen-bond donors (Lipinski definition) is 2. The standard InChI is InChI=1S/C11H12N4O3S/c1-2-19(17,18)10-6-4-3-5-8(10)13-11(16)9-7-12-15-14-9/h3-7H,2H2,1H3,(H,13,16)(H,12,14,15). The molecule has 19 heavy (non-hydrogen) atoms. The number of sulfone groups is 1. The second kappa shape index (κ2) is 5.19. The molecule has 1 aromatic carbocycles. The molecular weight excluding hydrogens is 268 g/mol. The van der Waals surface area contributed by atoms with Crippen LogP contribution in [0.2, 0.25) is 0 Å². The van der Waals surface area contributed by atoms with Gasteiger partial charge in [0.1, 0.15) is 0 Å². The minimum absolute atomic E-state index is 0.0379. The minimum atomic E-state index is -3.40. The maximum atomic E-state index is 11.9. The Morgan fingerprint density at radius 1 is 1.37 bits per heavy atom. The van der Waals surface area contributed by atoms with Crippen LogP contribution in [0.4, 0.5) is 5.69 Å². The normalized spacial score (nSPS) is 11.2. The van der Waals surface area contributed by atoms with E-state index in [4.69, 9.17) is 0 Å². The van der Waals surface area contributed by atoms with Gasteiger partial charge in [0.2, 0.25) is 0 Å². The first-order valence-electron chi connectivity index (χ1n) is 5.53. The number of aromatic amines is 1. The fourth-order valence-corrected chi connectivity index (χ4v) is 2.55. The van der Waals surface area contributed by atoms with Gasteiger partial charge in [0.25, 0.3) is 5.91 Å². The molecular formula is C11H12N4O3S. The van der Waals surface area contributed by atoms with Crippen LogP contribution in [0.5, 0.6) is 0 Å². The van der Waals surface area contributed by atoms with Crippen molar-refractivity contribution in [3.8, 4) is 0 Å². The van der Waals surface area contributed by atoms with Crippen molar-refractivity contribution in [3.05, 3.63) is 36.2 Å². The molecule has 0 radical (unpaired) electrons. The summed E-state index contributed by atoms with van der Waals surface area (Å²) in [5, 5.41) is 12.0. The van der Waals surface area contributed by atoms with Crippen LogP contribution in [0.3, 0.4) is 0 Å². The summed E-state index contributed by atoms with van der Waals surface area (Å²) in [5.74, 6) is -0.559. The molecule has 0 bridgehead atoms. The number of carbonyl (C=O) groups excluding carboxylic acids is 1. The fraction of sp³-hybridized carbons (Fsp3) is 0.182. The SMILES string of the molecule is CCS(=O)(=O)c1ccccc1NC(=O)c1cn[nH]n1. The molecule has 2 N–H and O–H groups in total. The van der Waals surface area contributed by atoms with Crippen molar-refractivity contribution in [2.24, 2.45) is 0 Å². The summed E-state index contributed by atoms with van der Waals surface area (Å²) in [6.07, 6.45) is 1.26. The third-order valence-electron chi connectivity index (χ3n) is 2.50. The van der Waals surface area contributed by atoms with Gasteiger partial charge in [-0.05, 0) is 12.1 Å². The Kier molecular flexibility index (Phi) is 3.61. The van der Waals surface area contributed by atoms with E-state index < -0.39 is 15.7 Å². The predicted molar refractivity (Wildman–Crippen MR) is 68.5 cm³/mol. The fourth-order valence-electron chi connectivity index (χ4n) is 1.49. The number of nitrogens with one attached hydrogen (secondary N) is 2. The molecule has 0 atom stereocenters. The van der Waals surface area contributed by atoms with Crippen LogP contribution in [-0.2, 0) is 9.84 Å². The van der Waals surface area contributed by atoms with Gasteiger partial charge in [0, 0.05) is 0 Å². The second-order valence-corrected chi connectivity index (χ2v) is 5.96. The Labute approximate surface area is 110 Å². The number of H-pyrrole nitrogens is 1. The van der Waals surface area contributed by atoms with Crippen molar-refractivity contribution in [3.63, 3.8) is 0 Å². The van der Waals surface area contributed by atoms with Crippen molar-refractivity contribution in [1.82, 2.24) is 15.4 Å². The van der Waals surface area contributed by atoms with E-state index in [9.17, 15) is 13.2 Å². The third-order valence-corrected chi connectivity index (χ3v) is 4.28. The highest BCUT2D eigenvalue weighted by Gasteiger charge is 2.18. The van der Waals surface area contributed by atoms with E-state index in [-0.39, 0.29) is 22.0 Å². The van der Waals surface area contributed by atoms with Gasteiger partial charge < -0.3 is 5.32 Å². The zero-order valence-electron chi connectivity index (χ0n) is 10.1. The molecule has 0 aliphatic heterocycles. The Bertz CT molecular complexity index is 680. The molecule has 2 rings (SSSR count). The van der Waals surface area contributed by atoms with Crippen LogP contribution in [0.15, 0.2) is 35.4 Å². The number of amides is 1. The first kappa shape index (κ1) is 13.2. The van der Waals surface area contributed by atoms with Crippen molar-refractivity contribution >= 4 is 21.4 Å². The van der Waals surface area contributed by atoms with Gasteiger partial charge in [-0.25, -0.2) is 8.42 Å². The lowest BCUT2D eigenvalue weighted by molar-refractivity contribution is 0.102. The molecule has 0 fully saturated rings.